The monoisotopic (exact) mass is 424 g/mol. The van der Waals surface area contributed by atoms with E-state index < -0.39 is 21.9 Å². The Labute approximate surface area is 184 Å². The third-order valence-electron chi connectivity index (χ3n) is 3.55. The van der Waals surface area contributed by atoms with Crippen molar-refractivity contribution in [1.29, 1.82) is 0 Å². The number of carboxylic acid groups (broad SMARTS) is 1. The molecular formula is C17H15Cl2NaO5S. The van der Waals surface area contributed by atoms with Crippen molar-refractivity contribution >= 4 is 39.0 Å². The van der Waals surface area contributed by atoms with Gasteiger partial charge in [-0.25, -0.2) is 8.42 Å². The summed E-state index contributed by atoms with van der Waals surface area (Å²) in [6.07, 6.45) is -1.18. The Kier molecular flexibility index (Phi) is 8.45. The maximum absolute atomic E-state index is 12.0. The molecule has 5 nitrogen and oxygen atoms in total. The van der Waals surface area contributed by atoms with Crippen LogP contribution in [0.25, 0.3) is 11.1 Å². The number of carbonyl (C=O) groups excluding carboxylic acids is 1. The number of carbonyl (C=O) groups is 1. The second-order valence-corrected chi connectivity index (χ2v) is 8.39. The Morgan fingerprint density at radius 3 is 2.35 bits per heavy atom. The van der Waals surface area contributed by atoms with E-state index in [9.17, 15) is 18.3 Å². The van der Waals surface area contributed by atoms with Crippen molar-refractivity contribution in [3.05, 3.63) is 46.4 Å². The van der Waals surface area contributed by atoms with Crippen LogP contribution in [0.3, 0.4) is 0 Å². The number of benzene rings is 2. The van der Waals surface area contributed by atoms with Crippen LogP contribution in [-0.2, 0) is 14.6 Å². The molecule has 0 saturated carbocycles. The van der Waals surface area contributed by atoms with Crippen molar-refractivity contribution in [1.82, 2.24) is 0 Å². The molecule has 0 amide bonds. The van der Waals surface area contributed by atoms with Crippen molar-refractivity contribution in [2.24, 2.45) is 0 Å². The van der Waals surface area contributed by atoms with Crippen LogP contribution in [0, 0.1) is 0 Å². The topological polar surface area (TPSA) is 83.5 Å². The summed E-state index contributed by atoms with van der Waals surface area (Å²) >= 11 is 12.3. The predicted octanol–water partition coefficient (Wildman–Crippen LogP) is -0.0248. The van der Waals surface area contributed by atoms with Crippen LogP contribution in [0.1, 0.15) is 13.8 Å². The number of ether oxygens (including phenoxy) is 1. The van der Waals surface area contributed by atoms with E-state index in [1.165, 1.54) is 31.2 Å². The molecule has 0 fully saturated rings. The summed E-state index contributed by atoms with van der Waals surface area (Å²) in [5, 5.41) is 11.5. The smallest absolute Gasteiger partial charge is 0.546 e. The molecule has 0 aromatic heterocycles. The number of halogens is 2. The van der Waals surface area contributed by atoms with E-state index in [-0.39, 0.29) is 51.0 Å². The molecule has 0 unspecified atom stereocenters. The van der Waals surface area contributed by atoms with Crippen molar-refractivity contribution in [2.75, 3.05) is 5.75 Å². The van der Waals surface area contributed by atoms with E-state index in [4.69, 9.17) is 27.9 Å². The molecule has 134 valence electrons. The quantitative estimate of drug-likeness (QED) is 0.608. The fourth-order valence-corrected chi connectivity index (χ4v) is 3.55. The average Bonchev–Trinajstić information content (AvgIpc) is 2.56. The number of carboxylic acids is 1. The first-order valence-corrected chi connectivity index (χ1v) is 9.76. The van der Waals surface area contributed by atoms with Crippen molar-refractivity contribution < 1.29 is 52.6 Å². The van der Waals surface area contributed by atoms with Crippen molar-refractivity contribution in [3.63, 3.8) is 0 Å². The summed E-state index contributed by atoms with van der Waals surface area (Å²) in [6, 6.07) is 8.95. The minimum Gasteiger partial charge on any atom is -0.546 e. The number of aliphatic carboxylic acids is 1. The molecule has 1 atom stereocenters. The molecule has 0 heterocycles. The normalized spacial score (nSPS) is 12.2. The summed E-state index contributed by atoms with van der Waals surface area (Å²) in [7, 11) is -3.40. The zero-order valence-electron chi connectivity index (χ0n) is 14.5. The Balaban J connectivity index is 0.00000338. The van der Waals surface area contributed by atoms with E-state index in [1.54, 1.807) is 19.1 Å². The number of hydrogen-bond acceptors (Lipinski definition) is 5. The maximum atomic E-state index is 12.0. The number of rotatable bonds is 6. The molecule has 0 aliphatic carbocycles. The van der Waals surface area contributed by atoms with Gasteiger partial charge in [0, 0.05) is 21.2 Å². The standard InChI is InChI=1S/C17H16Cl2O5S.Na/c1-3-25(22,23)12-5-6-13(15(19)9-12)14-8-11(18)4-7-16(14)24-10(2)17(20)21;/h4-10H,3H2,1-2H3,(H,20,21);/q;+1/p-1/t10-;/m0./s1. The van der Waals surface area contributed by atoms with Crippen LogP contribution in [0.15, 0.2) is 41.3 Å². The molecule has 0 N–H and O–H groups in total. The third-order valence-corrected chi connectivity index (χ3v) is 5.83. The first-order chi connectivity index (χ1) is 11.7. The summed E-state index contributed by atoms with van der Waals surface area (Å²) < 4.78 is 29.3. The SMILES string of the molecule is CCS(=O)(=O)c1ccc(-c2cc(Cl)ccc2O[C@@H](C)C(=O)[O-])c(Cl)c1.[Na+]. The van der Waals surface area contributed by atoms with E-state index in [0.29, 0.717) is 16.1 Å². The van der Waals surface area contributed by atoms with Crippen LogP contribution >= 0.6 is 23.2 Å². The molecule has 0 saturated heterocycles. The van der Waals surface area contributed by atoms with E-state index in [2.05, 4.69) is 0 Å². The van der Waals surface area contributed by atoms with Crippen LogP contribution in [0.5, 0.6) is 5.75 Å². The van der Waals surface area contributed by atoms with Gasteiger partial charge in [-0.05, 0) is 37.3 Å². The van der Waals surface area contributed by atoms with Gasteiger partial charge in [0.1, 0.15) is 11.9 Å². The minimum absolute atomic E-state index is 0. The number of hydrogen-bond donors (Lipinski definition) is 0. The van der Waals surface area contributed by atoms with Crippen molar-refractivity contribution in [2.45, 2.75) is 24.8 Å². The van der Waals surface area contributed by atoms with Gasteiger partial charge in [0.15, 0.2) is 9.84 Å². The van der Waals surface area contributed by atoms with E-state index in [0.717, 1.165) is 0 Å². The largest absolute Gasteiger partial charge is 1.00 e. The molecule has 0 radical (unpaired) electrons. The van der Waals surface area contributed by atoms with E-state index in [1.807, 2.05) is 0 Å². The van der Waals surface area contributed by atoms with Gasteiger partial charge in [-0.2, -0.15) is 0 Å². The molecule has 2 aromatic carbocycles. The summed E-state index contributed by atoms with van der Waals surface area (Å²) in [4.78, 5) is 11.0. The van der Waals surface area contributed by atoms with E-state index >= 15 is 0 Å². The van der Waals surface area contributed by atoms with Gasteiger partial charge in [0.2, 0.25) is 0 Å². The molecule has 0 bridgehead atoms. The Bertz CT molecular complexity index is 915. The summed E-state index contributed by atoms with van der Waals surface area (Å²) in [5.41, 5.74) is 0.922. The van der Waals surface area contributed by atoms with Crippen LogP contribution in [0.4, 0.5) is 0 Å². The average molecular weight is 425 g/mol. The van der Waals surface area contributed by atoms with Gasteiger partial charge in [-0.3, -0.25) is 0 Å². The van der Waals surface area contributed by atoms with Gasteiger partial charge >= 0.3 is 29.6 Å². The van der Waals surface area contributed by atoms with Crippen molar-refractivity contribution in [3.8, 4) is 16.9 Å². The third kappa shape index (κ3) is 5.38. The summed E-state index contributed by atoms with van der Waals surface area (Å²) in [6.45, 7) is 2.88. The molecule has 0 spiro atoms. The van der Waals surface area contributed by atoms with Gasteiger partial charge in [0.25, 0.3) is 0 Å². The van der Waals surface area contributed by atoms with Crippen LogP contribution in [0.2, 0.25) is 10.0 Å². The number of sulfone groups is 1. The van der Waals surface area contributed by atoms with Crippen LogP contribution < -0.4 is 39.4 Å². The summed E-state index contributed by atoms with van der Waals surface area (Å²) in [5.74, 6) is -1.16. The second kappa shape index (κ2) is 9.44. The predicted molar refractivity (Wildman–Crippen MR) is 94.7 cm³/mol. The van der Waals surface area contributed by atoms with Gasteiger partial charge in [-0.15, -0.1) is 0 Å². The van der Waals surface area contributed by atoms with Gasteiger partial charge in [-0.1, -0.05) is 36.2 Å². The molecular weight excluding hydrogens is 410 g/mol. The Hall–Kier alpha value is -0.760. The molecule has 9 heteroatoms. The van der Waals surface area contributed by atoms with Gasteiger partial charge in [0.05, 0.1) is 16.6 Å². The molecule has 0 aliphatic heterocycles. The zero-order chi connectivity index (χ0) is 18.8. The minimum atomic E-state index is -3.40. The second-order valence-electron chi connectivity index (χ2n) is 5.26. The molecule has 26 heavy (non-hydrogen) atoms. The fraction of sp³-hybridized carbons (Fsp3) is 0.235. The fourth-order valence-electron chi connectivity index (χ4n) is 2.13. The molecule has 2 rings (SSSR count). The maximum Gasteiger partial charge on any atom is 1.00 e. The first-order valence-electron chi connectivity index (χ1n) is 7.35. The molecule has 0 aliphatic rings. The van der Waals surface area contributed by atoms with Crippen LogP contribution in [-0.4, -0.2) is 26.2 Å². The zero-order valence-corrected chi connectivity index (χ0v) is 18.8. The van der Waals surface area contributed by atoms with Gasteiger partial charge < -0.3 is 14.6 Å². The first kappa shape index (κ1) is 23.3. The Morgan fingerprint density at radius 2 is 1.81 bits per heavy atom. The molecule has 2 aromatic rings. The Morgan fingerprint density at radius 1 is 1.15 bits per heavy atom.